The van der Waals surface area contributed by atoms with Crippen LogP contribution in [0.3, 0.4) is 0 Å². The molecule has 5 heteroatoms. The lowest BCUT2D eigenvalue weighted by Crippen LogP contribution is -2.29. The molecule has 1 fully saturated rings. The van der Waals surface area contributed by atoms with Crippen molar-refractivity contribution in [1.82, 2.24) is 14.5 Å². The molecule has 4 nitrogen and oxygen atoms in total. The molecule has 2 aliphatic rings. The van der Waals surface area contributed by atoms with Crippen molar-refractivity contribution >= 4 is 11.3 Å². The van der Waals surface area contributed by atoms with Crippen molar-refractivity contribution in [3.63, 3.8) is 0 Å². The van der Waals surface area contributed by atoms with E-state index in [2.05, 4.69) is 39.2 Å². The van der Waals surface area contributed by atoms with Crippen LogP contribution in [0.2, 0.25) is 0 Å². The lowest BCUT2D eigenvalue weighted by Gasteiger charge is -2.22. The number of rotatable bonds is 3. The Morgan fingerprint density at radius 2 is 2.17 bits per heavy atom. The molecule has 0 unspecified atom stereocenters. The van der Waals surface area contributed by atoms with E-state index in [4.69, 9.17) is 9.40 Å². The predicted molar refractivity (Wildman–Crippen MR) is 90.4 cm³/mol. The number of likely N-dealkylation sites (tertiary alicyclic amines) is 1. The maximum atomic E-state index is 5.51. The van der Waals surface area contributed by atoms with Crippen LogP contribution in [0.5, 0.6) is 0 Å². The summed E-state index contributed by atoms with van der Waals surface area (Å²) in [5.74, 6) is 2.35. The molecule has 1 saturated heterocycles. The number of hydrogen-bond donors (Lipinski definition) is 0. The minimum Gasteiger partial charge on any atom is -0.468 e. The summed E-state index contributed by atoms with van der Waals surface area (Å²) in [6.45, 7) is 4.22. The molecule has 0 aliphatic carbocycles. The van der Waals surface area contributed by atoms with Gasteiger partial charge in [0, 0.05) is 18.5 Å². The van der Waals surface area contributed by atoms with Crippen molar-refractivity contribution in [2.24, 2.45) is 0 Å². The van der Waals surface area contributed by atoms with Gasteiger partial charge in [-0.05, 0) is 43.0 Å². The molecule has 0 amide bonds. The SMILES string of the molecule is c1coc(CN2CC[C@]3(CCn4c(-c5cccs5)cnc43)C2)c1. The molecule has 1 atom stereocenters. The van der Waals surface area contributed by atoms with Crippen LogP contribution in [-0.4, -0.2) is 27.5 Å². The van der Waals surface area contributed by atoms with Crippen LogP contribution in [0.25, 0.3) is 10.6 Å². The first-order chi connectivity index (χ1) is 11.3. The highest BCUT2D eigenvalue weighted by Crippen LogP contribution is 2.44. The summed E-state index contributed by atoms with van der Waals surface area (Å²) in [7, 11) is 0. The Labute approximate surface area is 139 Å². The zero-order chi connectivity index (χ0) is 15.3. The molecule has 0 bridgehead atoms. The summed E-state index contributed by atoms with van der Waals surface area (Å²) in [6, 6.07) is 8.34. The monoisotopic (exact) mass is 325 g/mol. The van der Waals surface area contributed by atoms with Crippen LogP contribution < -0.4 is 0 Å². The van der Waals surface area contributed by atoms with Crippen LogP contribution in [-0.2, 0) is 18.5 Å². The van der Waals surface area contributed by atoms with E-state index in [1.54, 1.807) is 17.6 Å². The van der Waals surface area contributed by atoms with E-state index in [1.807, 2.05) is 6.07 Å². The Kier molecular flexibility index (Phi) is 3.00. The molecular weight excluding hydrogens is 306 g/mol. The minimum absolute atomic E-state index is 0.238. The number of imidazole rings is 1. The summed E-state index contributed by atoms with van der Waals surface area (Å²) < 4.78 is 7.95. The van der Waals surface area contributed by atoms with Gasteiger partial charge in [-0.15, -0.1) is 11.3 Å². The van der Waals surface area contributed by atoms with E-state index in [1.165, 1.54) is 29.2 Å². The number of furan rings is 1. The van der Waals surface area contributed by atoms with Crippen molar-refractivity contribution < 1.29 is 4.42 Å². The number of aromatic nitrogens is 2. The lowest BCUT2D eigenvalue weighted by atomic mass is 9.85. The maximum absolute atomic E-state index is 5.51. The fourth-order valence-electron chi connectivity index (χ4n) is 4.19. The number of nitrogens with zero attached hydrogens (tertiary/aromatic N) is 3. The van der Waals surface area contributed by atoms with Crippen molar-refractivity contribution in [3.05, 3.63) is 53.7 Å². The van der Waals surface area contributed by atoms with E-state index >= 15 is 0 Å². The zero-order valence-corrected chi connectivity index (χ0v) is 13.8. The first-order valence-corrected chi connectivity index (χ1v) is 9.07. The molecule has 5 heterocycles. The Morgan fingerprint density at radius 1 is 1.22 bits per heavy atom. The molecule has 0 aromatic carbocycles. The van der Waals surface area contributed by atoms with Gasteiger partial charge in [-0.1, -0.05) is 6.07 Å². The van der Waals surface area contributed by atoms with Crippen molar-refractivity contribution in [2.45, 2.75) is 31.3 Å². The van der Waals surface area contributed by atoms with Crippen molar-refractivity contribution in [1.29, 1.82) is 0 Å². The van der Waals surface area contributed by atoms with Gasteiger partial charge in [-0.25, -0.2) is 4.98 Å². The van der Waals surface area contributed by atoms with Crippen LogP contribution in [0, 0.1) is 0 Å². The van der Waals surface area contributed by atoms with E-state index < -0.39 is 0 Å². The topological polar surface area (TPSA) is 34.2 Å². The van der Waals surface area contributed by atoms with Gasteiger partial charge >= 0.3 is 0 Å². The van der Waals surface area contributed by atoms with Crippen LogP contribution in [0.1, 0.15) is 24.4 Å². The van der Waals surface area contributed by atoms with Crippen LogP contribution in [0.15, 0.2) is 46.5 Å². The zero-order valence-electron chi connectivity index (χ0n) is 12.9. The normalized spacial score (nSPS) is 23.8. The third kappa shape index (κ3) is 2.11. The van der Waals surface area contributed by atoms with Gasteiger partial charge in [0.1, 0.15) is 11.6 Å². The summed E-state index contributed by atoms with van der Waals surface area (Å²) in [6.07, 6.45) is 6.24. The second-order valence-electron chi connectivity index (χ2n) is 6.67. The molecule has 1 spiro atoms. The van der Waals surface area contributed by atoms with Crippen LogP contribution >= 0.6 is 11.3 Å². The maximum Gasteiger partial charge on any atom is 0.117 e. The predicted octanol–water partition coefficient (Wildman–Crippen LogP) is 3.75. The third-order valence-electron chi connectivity index (χ3n) is 5.31. The van der Waals surface area contributed by atoms with Gasteiger partial charge in [-0.3, -0.25) is 4.90 Å². The summed E-state index contributed by atoms with van der Waals surface area (Å²) >= 11 is 1.80. The smallest absolute Gasteiger partial charge is 0.117 e. The highest BCUT2D eigenvalue weighted by Gasteiger charge is 2.46. The van der Waals surface area contributed by atoms with Gasteiger partial charge in [0.15, 0.2) is 0 Å². The molecule has 0 N–H and O–H groups in total. The quantitative estimate of drug-likeness (QED) is 0.735. The van der Waals surface area contributed by atoms with Crippen molar-refractivity contribution in [2.75, 3.05) is 13.1 Å². The van der Waals surface area contributed by atoms with Gasteiger partial charge in [0.25, 0.3) is 0 Å². The summed E-state index contributed by atoms with van der Waals surface area (Å²) in [4.78, 5) is 8.67. The van der Waals surface area contributed by atoms with Gasteiger partial charge in [0.05, 0.1) is 29.6 Å². The number of thiophene rings is 1. The fourth-order valence-corrected chi connectivity index (χ4v) is 4.93. The molecule has 0 saturated carbocycles. The van der Waals surface area contributed by atoms with E-state index in [0.29, 0.717) is 0 Å². The highest BCUT2D eigenvalue weighted by atomic mass is 32.1. The van der Waals surface area contributed by atoms with Crippen molar-refractivity contribution in [3.8, 4) is 10.6 Å². The standard InChI is InChI=1S/C18H19N3OS/c1-3-14(22-9-1)12-20-7-5-18(13-20)6-8-21-15(11-19-17(18)21)16-4-2-10-23-16/h1-4,9-11H,5-8,12-13H2/t18-/m0/s1. The molecule has 0 radical (unpaired) electrons. The van der Waals surface area contributed by atoms with Gasteiger partial charge in [0.2, 0.25) is 0 Å². The van der Waals surface area contributed by atoms with E-state index in [9.17, 15) is 0 Å². The Morgan fingerprint density at radius 3 is 3.00 bits per heavy atom. The fraction of sp³-hybridized carbons (Fsp3) is 0.389. The highest BCUT2D eigenvalue weighted by molar-refractivity contribution is 7.13. The molecule has 3 aromatic heterocycles. The first-order valence-electron chi connectivity index (χ1n) is 8.19. The minimum atomic E-state index is 0.238. The molecule has 3 aromatic rings. The molecule has 2 aliphatic heterocycles. The average Bonchev–Trinajstić information content (AvgIpc) is 3.33. The summed E-state index contributed by atoms with van der Waals surface area (Å²) in [5, 5.41) is 2.14. The van der Waals surface area contributed by atoms with Gasteiger partial charge in [-0.2, -0.15) is 0 Å². The number of fused-ring (bicyclic) bond motifs is 2. The Hall–Kier alpha value is -1.85. The Bertz CT molecular complexity index is 806. The van der Waals surface area contributed by atoms with Crippen LogP contribution in [0.4, 0.5) is 0 Å². The lowest BCUT2D eigenvalue weighted by molar-refractivity contribution is 0.275. The molecule has 23 heavy (non-hydrogen) atoms. The average molecular weight is 325 g/mol. The number of hydrogen-bond acceptors (Lipinski definition) is 4. The van der Waals surface area contributed by atoms with Gasteiger partial charge < -0.3 is 8.98 Å². The summed E-state index contributed by atoms with van der Waals surface area (Å²) in [5.41, 5.74) is 1.53. The van der Waals surface area contributed by atoms with E-state index in [0.717, 1.165) is 31.9 Å². The molecule has 5 rings (SSSR count). The first kappa shape index (κ1) is 13.6. The van der Waals surface area contributed by atoms with E-state index in [-0.39, 0.29) is 5.41 Å². The molecular formula is C18H19N3OS. The molecule has 118 valence electrons. The largest absolute Gasteiger partial charge is 0.468 e. The second kappa shape index (κ2) is 5.08. The Balaban J connectivity index is 1.42. The second-order valence-corrected chi connectivity index (χ2v) is 7.61. The third-order valence-corrected chi connectivity index (χ3v) is 6.20.